The van der Waals surface area contributed by atoms with E-state index >= 15 is 0 Å². The number of aryl methyl sites for hydroxylation is 1. The first-order chi connectivity index (χ1) is 4.88. The van der Waals surface area contributed by atoms with Gasteiger partial charge < -0.3 is 4.57 Å². The largest absolute Gasteiger partial charge is 0.314 e. The maximum Gasteiger partial charge on any atom is 0.143 e. The highest BCUT2D eigenvalue weighted by atomic mass is 32.2. The summed E-state index contributed by atoms with van der Waals surface area (Å²) in [4.78, 5) is 0. The summed E-state index contributed by atoms with van der Waals surface area (Å²) in [6, 6.07) is 0. The van der Waals surface area contributed by atoms with E-state index in [-0.39, 0.29) is 0 Å². The third-order valence-corrected chi connectivity index (χ3v) is 2.64. The van der Waals surface area contributed by atoms with Crippen LogP contribution in [0.1, 0.15) is 11.6 Å². The first-order valence-corrected chi connectivity index (χ1v) is 4.50. The Balaban J connectivity index is 2.45. The summed E-state index contributed by atoms with van der Waals surface area (Å²) in [5, 5.41) is 8.05. The van der Waals surface area contributed by atoms with Gasteiger partial charge in [0.15, 0.2) is 0 Å². The lowest BCUT2D eigenvalue weighted by Crippen LogP contribution is -2.11. The van der Waals surface area contributed by atoms with Gasteiger partial charge >= 0.3 is 0 Å². The minimum absolute atomic E-state index is 1.03. The molecule has 4 heteroatoms. The first kappa shape index (κ1) is 6.22. The van der Waals surface area contributed by atoms with Gasteiger partial charge in [-0.1, -0.05) is 0 Å². The van der Waals surface area contributed by atoms with Crippen molar-refractivity contribution in [1.29, 1.82) is 0 Å². The van der Waals surface area contributed by atoms with Gasteiger partial charge in [-0.25, -0.2) is 0 Å². The molecular weight excluding hydrogens is 146 g/mol. The lowest BCUT2D eigenvalue weighted by molar-refractivity contribution is 0.695. The van der Waals surface area contributed by atoms with E-state index in [9.17, 15) is 0 Å². The zero-order valence-corrected chi connectivity index (χ0v) is 6.69. The predicted octanol–water partition coefficient (Wildman–Crippen LogP) is 0.833. The van der Waals surface area contributed by atoms with Crippen molar-refractivity contribution in [3.63, 3.8) is 0 Å². The molecule has 0 bridgehead atoms. The number of rotatable bonds is 0. The minimum atomic E-state index is 1.03. The van der Waals surface area contributed by atoms with E-state index in [4.69, 9.17) is 0 Å². The Bertz CT molecular complexity index is 243. The third kappa shape index (κ3) is 0.831. The van der Waals surface area contributed by atoms with E-state index < -0.39 is 0 Å². The van der Waals surface area contributed by atoms with Crippen LogP contribution in [0.5, 0.6) is 0 Å². The van der Waals surface area contributed by atoms with Crippen molar-refractivity contribution in [2.45, 2.75) is 19.2 Å². The molecule has 1 aliphatic rings. The van der Waals surface area contributed by atoms with Crippen LogP contribution in [-0.2, 0) is 12.3 Å². The van der Waals surface area contributed by atoms with Crippen LogP contribution in [0.2, 0.25) is 0 Å². The van der Waals surface area contributed by atoms with Crippen LogP contribution in [0.25, 0.3) is 0 Å². The summed E-state index contributed by atoms with van der Waals surface area (Å²) >= 11 is 1.93. The van der Waals surface area contributed by atoms with Crippen molar-refractivity contribution in [2.75, 3.05) is 5.75 Å². The summed E-state index contributed by atoms with van der Waals surface area (Å²) in [5.74, 6) is 4.41. The van der Waals surface area contributed by atoms with E-state index in [1.165, 1.54) is 5.75 Å². The van der Waals surface area contributed by atoms with Crippen LogP contribution in [0.15, 0.2) is 0 Å². The molecule has 1 aliphatic heterocycles. The molecule has 0 spiro atoms. The summed E-state index contributed by atoms with van der Waals surface area (Å²) in [6.07, 6.45) is 0. The SMILES string of the molecule is Cc1nnc2n1CCSC2. The maximum absolute atomic E-state index is 4.05. The molecule has 54 valence electrons. The fourth-order valence-corrected chi connectivity index (χ4v) is 1.99. The second-order valence-electron chi connectivity index (χ2n) is 2.37. The molecule has 10 heavy (non-hydrogen) atoms. The first-order valence-electron chi connectivity index (χ1n) is 3.34. The van der Waals surface area contributed by atoms with Crippen molar-refractivity contribution in [2.24, 2.45) is 0 Å². The normalized spacial score (nSPS) is 16.9. The van der Waals surface area contributed by atoms with Crippen LogP contribution in [0.3, 0.4) is 0 Å². The lowest BCUT2D eigenvalue weighted by atomic mass is 10.5. The van der Waals surface area contributed by atoms with Crippen LogP contribution in [0.4, 0.5) is 0 Å². The minimum Gasteiger partial charge on any atom is -0.314 e. The van der Waals surface area contributed by atoms with Gasteiger partial charge in [-0.15, -0.1) is 10.2 Å². The molecule has 0 radical (unpaired) electrons. The standard InChI is InChI=1S/C6H9N3S/c1-5-7-8-6-4-10-3-2-9(5)6/h2-4H2,1H3. The summed E-state index contributed by atoms with van der Waals surface area (Å²) in [7, 11) is 0. The molecule has 0 saturated heterocycles. The van der Waals surface area contributed by atoms with Crippen LogP contribution in [-0.4, -0.2) is 20.5 Å². The molecule has 0 N–H and O–H groups in total. The van der Waals surface area contributed by atoms with Crippen molar-refractivity contribution < 1.29 is 0 Å². The molecule has 1 aromatic heterocycles. The average molecular weight is 155 g/mol. The number of thioether (sulfide) groups is 1. The topological polar surface area (TPSA) is 30.7 Å². The quantitative estimate of drug-likeness (QED) is 0.556. The molecule has 0 amide bonds. The van der Waals surface area contributed by atoms with Gasteiger partial charge in [-0.05, 0) is 6.92 Å². The molecule has 2 heterocycles. The van der Waals surface area contributed by atoms with Gasteiger partial charge in [0.25, 0.3) is 0 Å². The van der Waals surface area contributed by atoms with Gasteiger partial charge in [0, 0.05) is 12.3 Å². The summed E-state index contributed by atoms with van der Waals surface area (Å²) < 4.78 is 2.19. The van der Waals surface area contributed by atoms with Crippen LogP contribution < -0.4 is 0 Å². The molecule has 0 atom stereocenters. The van der Waals surface area contributed by atoms with E-state index in [2.05, 4.69) is 14.8 Å². The highest BCUT2D eigenvalue weighted by Gasteiger charge is 2.12. The molecule has 1 aromatic rings. The molecule has 0 aromatic carbocycles. The van der Waals surface area contributed by atoms with Gasteiger partial charge in [0.2, 0.25) is 0 Å². The van der Waals surface area contributed by atoms with E-state index in [0.717, 1.165) is 23.9 Å². The molecule has 0 fully saturated rings. The number of hydrogen-bond acceptors (Lipinski definition) is 3. The fraction of sp³-hybridized carbons (Fsp3) is 0.667. The van der Waals surface area contributed by atoms with Crippen LogP contribution >= 0.6 is 11.8 Å². The second kappa shape index (κ2) is 2.27. The van der Waals surface area contributed by atoms with Crippen molar-refractivity contribution in [3.05, 3.63) is 11.6 Å². The Morgan fingerprint density at radius 2 is 2.40 bits per heavy atom. The maximum atomic E-state index is 4.05. The second-order valence-corrected chi connectivity index (χ2v) is 3.47. The smallest absolute Gasteiger partial charge is 0.143 e. The average Bonchev–Trinajstić information content (AvgIpc) is 2.34. The number of aromatic nitrogens is 3. The zero-order valence-electron chi connectivity index (χ0n) is 5.87. The number of hydrogen-bond donors (Lipinski definition) is 0. The Kier molecular flexibility index (Phi) is 1.41. The van der Waals surface area contributed by atoms with Crippen molar-refractivity contribution in [1.82, 2.24) is 14.8 Å². The highest BCUT2D eigenvalue weighted by Crippen LogP contribution is 2.17. The van der Waals surface area contributed by atoms with Crippen molar-refractivity contribution in [3.8, 4) is 0 Å². The Hall–Kier alpha value is -0.510. The van der Waals surface area contributed by atoms with Crippen LogP contribution in [0, 0.1) is 6.92 Å². The summed E-state index contributed by atoms with van der Waals surface area (Å²) in [5.41, 5.74) is 0. The number of nitrogens with zero attached hydrogens (tertiary/aromatic N) is 3. The molecule has 2 rings (SSSR count). The lowest BCUT2D eigenvalue weighted by Gasteiger charge is -2.12. The van der Waals surface area contributed by atoms with Gasteiger partial charge in [-0.2, -0.15) is 11.8 Å². The molecule has 0 aliphatic carbocycles. The molecule has 0 unspecified atom stereocenters. The molecule has 0 saturated carbocycles. The fourth-order valence-electron chi connectivity index (χ4n) is 1.14. The Morgan fingerprint density at radius 1 is 1.50 bits per heavy atom. The zero-order chi connectivity index (χ0) is 6.97. The Labute approximate surface area is 63.8 Å². The number of fused-ring (bicyclic) bond motifs is 1. The predicted molar refractivity (Wildman–Crippen MR) is 40.9 cm³/mol. The monoisotopic (exact) mass is 155 g/mol. The third-order valence-electron chi connectivity index (χ3n) is 1.70. The Morgan fingerprint density at radius 3 is 3.20 bits per heavy atom. The van der Waals surface area contributed by atoms with Gasteiger partial charge in [0.05, 0.1) is 5.75 Å². The van der Waals surface area contributed by atoms with Crippen molar-refractivity contribution >= 4 is 11.8 Å². The summed E-state index contributed by atoms with van der Waals surface area (Å²) in [6.45, 7) is 3.09. The molecule has 3 nitrogen and oxygen atoms in total. The van der Waals surface area contributed by atoms with E-state index in [1.54, 1.807) is 0 Å². The van der Waals surface area contributed by atoms with Gasteiger partial charge in [0.1, 0.15) is 11.6 Å². The molecular formula is C6H9N3S. The van der Waals surface area contributed by atoms with Gasteiger partial charge in [-0.3, -0.25) is 0 Å². The van der Waals surface area contributed by atoms with E-state index in [0.29, 0.717) is 0 Å². The highest BCUT2D eigenvalue weighted by molar-refractivity contribution is 7.98. The van der Waals surface area contributed by atoms with E-state index in [1.807, 2.05) is 18.7 Å².